The van der Waals surface area contributed by atoms with Crippen molar-refractivity contribution in [1.29, 1.82) is 0 Å². The van der Waals surface area contributed by atoms with Crippen LogP contribution in [0.1, 0.15) is 38.3 Å². The number of nitrogens with one attached hydrogen (secondary N) is 3. The second-order valence-corrected chi connectivity index (χ2v) is 10.2. The molecule has 1 fully saturated rings. The average molecular weight is 573 g/mol. The van der Waals surface area contributed by atoms with Crippen molar-refractivity contribution in [3.63, 3.8) is 0 Å². The second-order valence-electron chi connectivity index (χ2n) is 10.2. The summed E-state index contributed by atoms with van der Waals surface area (Å²) in [5.74, 6) is -0.0564. The van der Waals surface area contributed by atoms with E-state index < -0.39 is 18.1 Å². The highest BCUT2D eigenvalue weighted by molar-refractivity contribution is 5.95. The van der Waals surface area contributed by atoms with Gasteiger partial charge in [-0.25, -0.2) is 9.59 Å². The lowest BCUT2D eigenvalue weighted by Crippen LogP contribution is -2.58. The molecule has 0 unspecified atom stereocenters. The predicted molar refractivity (Wildman–Crippen MR) is 154 cm³/mol. The number of piperidine rings is 1. The molecule has 4 bridgehead atoms. The molecule has 3 aromatic rings. The quantitative estimate of drug-likeness (QED) is 0.401. The summed E-state index contributed by atoms with van der Waals surface area (Å²) >= 11 is 0. The number of ether oxygens (including phenoxy) is 3. The summed E-state index contributed by atoms with van der Waals surface area (Å²) in [7, 11) is 1.31. The van der Waals surface area contributed by atoms with Crippen LogP contribution in [-0.4, -0.2) is 67.7 Å². The highest BCUT2D eigenvalue weighted by Crippen LogP contribution is 2.24. The zero-order valence-electron chi connectivity index (χ0n) is 23.3. The number of hydrogen-bond acceptors (Lipinski definition) is 7. The molecule has 11 heteroatoms. The van der Waals surface area contributed by atoms with Crippen LogP contribution in [-0.2, 0) is 16.1 Å². The van der Waals surface area contributed by atoms with Crippen LogP contribution in [0.5, 0.6) is 11.5 Å². The van der Waals surface area contributed by atoms with Gasteiger partial charge in [0.05, 0.1) is 18.7 Å². The first-order chi connectivity index (χ1) is 20.3. The van der Waals surface area contributed by atoms with Gasteiger partial charge in [-0.3, -0.25) is 9.59 Å². The molecule has 3 aliphatic heterocycles. The first-order valence-corrected chi connectivity index (χ1v) is 13.6. The van der Waals surface area contributed by atoms with E-state index >= 15 is 0 Å². The number of likely N-dealkylation sites (tertiary alicyclic amines) is 1. The lowest BCUT2D eigenvalue weighted by Gasteiger charge is -2.38. The fourth-order valence-corrected chi connectivity index (χ4v) is 4.81. The van der Waals surface area contributed by atoms with Gasteiger partial charge in [0.2, 0.25) is 0 Å². The van der Waals surface area contributed by atoms with E-state index in [0.717, 1.165) is 11.1 Å². The van der Waals surface area contributed by atoms with Gasteiger partial charge in [0.1, 0.15) is 17.6 Å². The van der Waals surface area contributed by atoms with E-state index in [4.69, 9.17) is 14.2 Å². The van der Waals surface area contributed by atoms with E-state index in [-0.39, 0.29) is 31.0 Å². The summed E-state index contributed by atoms with van der Waals surface area (Å²) in [5.41, 5.74) is 2.93. The van der Waals surface area contributed by atoms with Crippen molar-refractivity contribution >= 4 is 29.5 Å². The van der Waals surface area contributed by atoms with E-state index in [1.165, 1.54) is 7.11 Å². The molecule has 4 amide bonds. The summed E-state index contributed by atoms with van der Waals surface area (Å²) < 4.78 is 16.8. The third kappa shape index (κ3) is 6.80. The Morgan fingerprint density at radius 2 is 1.79 bits per heavy atom. The lowest BCUT2D eigenvalue weighted by atomic mass is 10.0. The minimum atomic E-state index is -0.525. The van der Waals surface area contributed by atoms with E-state index in [1.807, 2.05) is 31.2 Å². The van der Waals surface area contributed by atoms with Gasteiger partial charge in [0.15, 0.2) is 6.61 Å². The molecule has 3 heterocycles. The third-order valence-electron chi connectivity index (χ3n) is 7.22. The fourth-order valence-electron chi connectivity index (χ4n) is 4.81. The van der Waals surface area contributed by atoms with Gasteiger partial charge in [-0.1, -0.05) is 18.2 Å². The number of carbonyl (C=O) groups excluding carboxylic acids is 4. The normalized spacial score (nSPS) is 18.8. The number of aryl methyl sites for hydroxylation is 1. The average Bonchev–Trinajstić information content (AvgIpc) is 3.00. The van der Waals surface area contributed by atoms with Crippen LogP contribution in [0.4, 0.5) is 10.5 Å². The molecule has 2 atom stereocenters. The molecule has 0 aliphatic carbocycles. The van der Waals surface area contributed by atoms with Crippen LogP contribution in [0.3, 0.4) is 0 Å². The van der Waals surface area contributed by atoms with Crippen LogP contribution >= 0.6 is 0 Å². The smallest absolute Gasteiger partial charge is 0.337 e. The Kier molecular flexibility index (Phi) is 8.56. The Hall–Kier alpha value is -5.06. The Morgan fingerprint density at radius 3 is 2.52 bits per heavy atom. The van der Waals surface area contributed by atoms with Crippen LogP contribution in [0.25, 0.3) is 0 Å². The van der Waals surface area contributed by atoms with Gasteiger partial charge >= 0.3 is 12.0 Å². The fraction of sp³-hybridized carbons (Fsp3) is 0.290. The van der Waals surface area contributed by atoms with Crippen molar-refractivity contribution in [3.8, 4) is 11.5 Å². The van der Waals surface area contributed by atoms with Crippen molar-refractivity contribution in [1.82, 2.24) is 15.5 Å². The number of hydrogen-bond donors (Lipinski definition) is 3. The van der Waals surface area contributed by atoms with Crippen molar-refractivity contribution in [2.24, 2.45) is 0 Å². The molecule has 218 valence electrons. The summed E-state index contributed by atoms with van der Waals surface area (Å²) in [6, 6.07) is 17.9. The summed E-state index contributed by atoms with van der Waals surface area (Å²) in [4.78, 5) is 52.3. The minimum absolute atomic E-state index is 0.187. The number of carbonyl (C=O) groups is 4. The van der Waals surface area contributed by atoms with Gasteiger partial charge in [0.25, 0.3) is 11.8 Å². The van der Waals surface area contributed by atoms with Crippen LogP contribution in [0.15, 0.2) is 66.7 Å². The van der Waals surface area contributed by atoms with Crippen molar-refractivity contribution in [3.05, 3.63) is 89.0 Å². The number of esters is 1. The second kappa shape index (κ2) is 12.6. The van der Waals surface area contributed by atoms with E-state index in [0.29, 0.717) is 47.8 Å². The Morgan fingerprint density at radius 1 is 1.02 bits per heavy atom. The number of benzene rings is 3. The van der Waals surface area contributed by atoms with Crippen molar-refractivity contribution in [2.75, 3.05) is 32.1 Å². The minimum Gasteiger partial charge on any atom is -0.488 e. The molecule has 0 saturated carbocycles. The van der Waals surface area contributed by atoms with Gasteiger partial charge in [-0.15, -0.1) is 0 Å². The van der Waals surface area contributed by atoms with Gasteiger partial charge in [-0.05, 0) is 66.6 Å². The van der Waals surface area contributed by atoms with Crippen LogP contribution in [0, 0.1) is 6.92 Å². The zero-order valence-corrected chi connectivity index (χ0v) is 23.3. The summed E-state index contributed by atoms with van der Waals surface area (Å²) in [5, 5.41) is 8.72. The molecule has 0 radical (unpaired) electrons. The number of urea groups is 1. The van der Waals surface area contributed by atoms with Crippen molar-refractivity contribution in [2.45, 2.75) is 32.0 Å². The van der Waals surface area contributed by atoms with E-state index in [2.05, 4.69) is 16.0 Å². The van der Waals surface area contributed by atoms with Crippen LogP contribution in [0.2, 0.25) is 0 Å². The topological polar surface area (TPSA) is 135 Å². The maximum Gasteiger partial charge on any atom is 0.337 e. The molecule has 11 nitrogen and oxygen atoms in total. The van der Waals surface area contributed by atoms with Gasteiger partial charge < -0.3 is 35.1 Å². The molecular formula is C31H32N4O7. The third-order valence-corrected chi connectivity index (χ3v) is 7.22. The number of methoxy groups -OCH3 is 1. The Labute approximate surface area is 243 Å². The number of nitrogens with zero attached hydrogens (tertiary/aromatic N) is 1. The Bertz CT molecular complexity index is 1470. The largest absolute Gasteiger partial charge is 0.488 e. The standard InChI is InChI=1S/C31H32N4O7/c1-19-3-6-22-15-27(19)41-18-28(36)32-16-20-4-11-24(12-5-20)42-26-13-14-35(17-25(26)34-29(22)37)31(39)33-23-9-7-21(8-10-23)30(38)40-2/h3-12,15,25-26H,13-14,16-18H2,1-2H3,(H,32,36)(H,33,39)(H,34,37)/t25-,26-/m0/s1. The molecule has 0 aromatic heterocycles. The number of amides is 4. The number of anilines is 1. The zero-order chi connectivity index (χ0) is 29.6. The first kappa shape index (κ1) is 28.5. The lowest BCUT2D eigenvalue weighted by molar-refractivity contribution is -0.123. The highest BCUT2D eigenvalue weighted by atomic mass is 16.5. The predicted octanol–water partition coefficient (Wildman–Crippen LogP) is 3.27. The van der Waals surface area contributed by atoms with Crippen LogP contribution < -0.4 is 25.4 Å². The van der Waals surface area contributed by atoms with E-state index in [9.17, 15) is 19.2 Å². The monoisotopic (exact) mass is 572 g/mol. The SMILES string of the molecule is COC(=O)c1ccc(NC(=O)N2CC[C@@H]3Oc4ccc(cc4)CNC(=O)COc4cc(ccc4C)C(=O)N[C@H]3C2)cc1. The van der Waals surface area contributed by atoms with E-state index in [1.54, 1.807) is 47.4 Å². The highest BCUT2D eigenvalue weighted by Gasteiger charge is 2.34. The van der Waals surface area contributed by atoms with Gasteiger partial charge in [-0.2, -0.15) is 0 Å². The maximum atomic E-state index is 13.4. The molecular weight excluding hydrogens is 540 g/mol. The molecule has 0 spiro atoms. The molecule has 42 heavy (non-hydrogen) atoms. The molecule has 3 N–H and O–H groups in total. The van der Waals surface area contributed by atoms with Crippen molar-refractivity contribution < 1.29 is 33.4 Å². The summed E-state index contributed by atoms with van der Waals surface area (Å²) in [6.07, 6.45) is 0.0689. The molecule has 3 aliphatic rings. The summed E-state index contributed by atoms with van der Waals surface area (Å²) in [6.45, 7) is 2.59. The molecule has 6 rings (SSSR count). The number of fused-ring (bicyclic) bond motifs is 7. The molecule has 1 saturated heterocycles. The molecule has 3 aromatic carbocycles. The Balaban J connectivity index is 1.36. The maximum absolute atomic E-state index is 13.4. The number of rotatable bonds is 2. The van der Waals surface area contributed by atoms with Gasteiger partial charge in [0, 0.05) is 37.3 Å². The first-order valence-electron chi connectivity index (χ1n) is 13.6.